The summed E-state index contributed by atoms with van der Waals surface area (Å²) < 4.78 is 32.1. The molecule has 1 amide bonds. The first kappa shape index (κ1) is 18.2. The molecule has 1 N–H and O–H groups in total. The van der Waals surface area contributed by atoms with Crippen LogP contribution in [0.2, 0.25) is 0 Å². The van der Waals surface area contributed by atoms with Gasteiger partial charge in [-0.25, -0.2) is 13.1 Å². The fraction of sp³-hybridized carbons (Fsp3) is 0.375. The Morgan fingerprint density at radius 3 is 2.33 bits per heavy atom. The number of sulfonamides is 1. The summed E-state index contributed by atoms with van der Waals surface area (Å²) in [6.07, 6.45) is 0. The van der Waals surface area contributed by atoms with Crippen molar-refractivity contribution in [3.05, 3.63) is 41.3 Å². The topological polar surface area (TPSA) is 92.5 Å². The number of aromatic nitrogens is 1. The third-order valence-corrected chi connectivity index (χ3v) is 5.29. The maximum atomic E-state index is 12.4. The predicted molar refractivity (Wildman–Crippen MR) is 90.4 cm³/mol. The van der Waals surface area contributed by atoms with Gasteiger partial charge in [0.25, 0.3) is 0 Å². The maximum Gasteiger partial charge on any atom is 0.246 e. The maximum absolute atomic E-state index is 12.4. The van der Waals surface area contributed by atoms with Gasteiger partial charge in [-0.3, -0.25) is 4.79 Å². The van der Waals surface area contributed by atoms with Crippen molar-refractivity contribution in [1.29, 1.82) is 0 Å². The summed E-state index contributed by atoms with van der Waals surface area (Å²) in [5, 5.41) is 3.65. The summed E-state index contributed by atoms with van der Waals surface area (Å²) in [6, 6.07) is 7.47. The van der Waals surface area contributed by atoms with Crippen LogP contribution in [-0.4, -0.2) is 32.6 Å². The Hall–Kier alpha value is -2.19. The van der Waals surface area contributed by atoms with E-state index in [4.69, 9.17) is 4.52 Å². The molecule has 0 unspecified atom stereocenters. The quantitative estimate of drug-likeness (QED) is 0.858. The van der Waals surface area contributed by atoms with Crippen LogP contribution in [0.25, 0.3) is 0 Å². The van der Waals surface area contributed by atoms with E-state index in [1.54, 1.807) is 13.8 Å². The van der Waals surface area contributed by atoms with Gasteiger partial charge in [-0.15, -0.1) is 0 Å². The number of hydrogen-bond acceptors (Lipinski definition) is 5. The minimum absolute atomic E-state index is 0.0483. The van der Waals surface area contributed by atoms with Crippen molar-refractivity contribution in [2.45, 2.75) is 32.6 Å². The number of aryl methyl sites for hydroxylation is 3. The van der Waals surface area contributed by atoms with Crippen molar-refractivity contribution < 1.29 is 17.7 Å². The molecule has 7 nitrogen and oxygen atoms in total. The monoisotopic (exact) mass is 351 g/mol. The van der Waals surface area contributed by atoms with Gasteiger partial charge in [0.05, 0.1) is 0 Å². The molecule has 0 aliphatic rings. The molecule has 0 saturated carbocycles. The van der Waals surface area contributed by atoms with Gasteiger partial charge in [-0.1, -0.05) is 22.9 Å². The lowest BCUT2D eigenvalue weighted by Crippen LogP contribution is -2.37. The molecule has 1 aromatic carbocycles. The first-order valence-corrected chi connectivity index (χ1v) is 8.98. The van der Waals surface area contributed by atoms with Gasteiger partial charge in [0.15, 0.2) is 5.76 Å². The second kappa shape index (κ2) is 7.14. The predicted octanol–water partition coefficient (Wildman–Crippen LogP) is 1.93. The molecule has 0 fully saturated rings. The highest BCUT2D eigenvalue weighted by Gasteiger charge is 2.24. The Balaban J connectivity index is 2.08. The van der Waals surface area contributed by atoms with Gasteiger partial charge in [-0.05, 0) is 32.9 Å². The number of rotatable bonds is 6. The number of nitrogens with zero attached hydrogens (tertiary/aromatic N) is 2. The van der Waals surface area contributed by atoms with Crippen LogP contribution in [0, 0.1) is 20.8 Å². The summed E-state index contributed by atoms with van der Waals surface area (Å²) in [6.45, 7) is 6.82. The summed E-state index contributed by atoms with van der Waals surface area (Å²) in [7, 11) is -3.73. The largest absolute Gasteiger partial charge is 0.360 e. The molecule has 2 rings (SSSR count). The smallest absolute Gasteiger partial charge is 0.246 e. The number of anilines is 1. The van der Waals surface area contributed by atoms with Gasteiger partial charge in [0, 0.05) is 25.7 Å². The lowest BCUT2D eigenvalue weighted by molar-refractivity contribution is -0.116. The molecule has 1 heterocycles. The number of hydrogen-bond donors (Lipinski definition) is 1. The highest BCUT2D eigenvalue weighted by molar-refractivity contribution is 7.89. The fourth-order valence-electron chi connectivity index (χ4n) is 2.42. The molecule has 0 saturated heterocycles. The number of carbonyl (C=O) groups is 1. The number of nitrogens with one attached hydrogen (secondary N) is 1. The van der Waals surface area contributed by atoms with Crippen molar-refractivity contribution in [2.75, 3.05) is 18.0 Å². The van der Waals surface area contributed by atoms with Crippen LogP contribution >= 0.6 is 0 Å². The molecule has 2 aromatic rings. The molecule has 0 bridgehead atoms. The third kappa shape index (κ3) is 4.01. The van der Waals surface area contributed by atoms with Crippen LogP contribution in [0.3, 0.4) is 0 Å². The average Bonchev–Trinajstić information content (AvgIpc) is 2.84. The van der Waals surface area contributed by atoms with Gasteiger partial charge >= 0.3 is 0 Å². The van der Waals surface area contributed by atoms with E-state index in [0.29, 0.717) is 5.69 Å². The fourth-order valence-corrected chi connectivity index (χ4v) is 3.76. The molecule has 8 heteroatoms. The summed E-state index contributed by atoms with van der Waals surface area (Å²) >= 11 is 0. The molecule has 0 spiro atoms. The number of benzene rings is 1. The van der Waals surface area contributed by atoms with Gasteiger partial charge in [0.2, 0.25) is 15.9 Å². The second-order valence-electron chi connectivity index (χ2n) is 5.56. The number of carbonyl (C=O) groups excluding carboxylic acids is 1. The zero-order valence-electron chi connectivity index (χ0n) is 14.2. The highest BCUT2D eigenvalue weighted by atomic mass is 32.2. The molecular formula is C16H21N3O4S. The Labute approximate surface area is 141 Å². The van der Waals surface area contributed by atoms with Crippen molar-refractivity contribution in [1.82, 2.24) is 9.88 Å². The summed E-state index contributed by atoms with van der Waals surface area (Å²) in [5.41, 5.74) is 2.12. The standard InChI is InChI=1S/C16H21N3O4S/c1-11-5-7-15(8-6-11)19(14(4)20)10-9-17-24(21,22)16-12(2)18-23-13(16)3/h5-8,17H,9-10H2,1-4H3. The van der Waals surface area contributed by atoms with Crippen LogP contribution in [0.1, 0.15) is 23.9 Å². The molecule has 1 aromatic heterocycles. The van der Waals surface area contributed by atoms with Crippen molar-refractivity contribution in [2.24, 2.45) is 0 Å². The minimum Gasteiger partial charge on any atom is -0.360 e. The van der Waals surface area contributed by atoms with Crippen LogP contribution in [-0.2, 0) is 14.8 Å². The Morgan fingerprint density at radius 1 is 1.21 bits per heavy atom. The molecule has 0 atom stereocenters. The first-order chi connectivity index (χ1) is 11.2. The SMILES string of the molecule is CC(=O)N(CCNS(=O)(=O)c1c(C)noc1C)c1ccc(C)cc1. The van der Waals surface area contributed by atoms with E-state index in [-0.39, 0.29) is 29.7 Å². The van der Waals surface area contributed by atoms with E-state index < -0.39 is 10.0 Å². The van der Waals surface area contributed by atoms with Crippen molar-refractivity contribution in [3.63, 3.8) is 0 Å². The van der Waals surface area contributed by atoms with Crippen LogP contribution in [0.4, 0.5) is 5.69 Å². The lowest BCUT2D eigenvalue weighted by atomic mass is 10.2. The Bertz CT molecular complexity index is 806. The van der Waals surface area contributed by atoms with Crippen LogP contribution in [0.15, 0.2) is 33.7 Å². The summed E-state index contributed by atoms with van der Waals surface area (Å²) in [4.78, 5) is 13.4. The molecule has 130 valence electrons. The molecule has 0 radical (unpaired) electrons. The molecule has 24 heavy (non-hydrogen) atoms. The van der Waals surface area contributed by atoms with Gasteiger partial charge in [0.1, 0.15) is 10.6 Å². The first-order valence-electron chi connectivity index (χ1n) is 7.49. The molecular weight excluding hydrogens is 330 g/mol. The minimum atomic E-state index is -3.73. The normalized spacial score (nSPS) is 11.5. The van der Waals surface area contributed by atoms with E-state index in [1.165, 1.54) is 11.8 Å². The lowest BCUT2D eigenvalue weighted by Gasteiger charge is -2.21. The van der Waals surface area contributed by atoms with Crippen molar-refractivity contribution in [3.8, 4) is 0 Å². The van der Waals surface area contributed by atoms with Crippen LogP contribution in [0.5, 0.6) is 0 Å². The highest BCUT2D eigenvalue weighted by Crippen LogP contribution is 2.19. The third-order valence-electron chi connectivity index (χ3n) is 3.59. The van der Waals surface area contributed by atoms with E-state index in [0.717, 1.165) is 11.3 Å². The zero-order valence-corrected chi connectivity index (χ0v) is 15.0. The molecule has 0 aliphatic heterocycles. The number of amides is 1. The van der Waals surface area contributed by atoms with Crippen molar-refractivity contribution >= 4 is 21.6 Å². The Morgan fingerprint density at radius 2 is 1.83 bits per heavy atom. The van der Waals surface area contributed by atoms with E-state index in [2.05, 4.69) is 9.88 Å². The Kier molecular flexibility index (Phi) is 5.40. The van der Waals surface area contributed by atoms with Gasteiger partial charge in [-0.2, -0.15) is 0 Å². The van der Waals surface area contributed by atoms with E-state index in [1.807, 2.05) is 31.2 Å². The van der Waals surface area contributed by atoms with E-state index >= 15 is 0 Å². The average molecular weight is 351 g/mol. The molecule has 0 aliphatic carbocycles. The zero-order chi connectivity index (χ0) is 17.9. The summed E-state index contributed by atoms with van der Waals surface area (Å²) in [5.74, 6) is 0.0809. The van der Waals surface area contributed by atoms with Gasteiger partial charge < -0.3 is 9.42 Å². The van der Waals surface area contributed by atoms with E-state index in [9.17, 15) is 13.2 Å². The second-order valence-corrected chi connectivity index (χ2v) is 7.26. The van der Waals surface area contributed by atoms with Crippen LogP contribution < -0.4 is 9.62 Å².